The van der Waals surface area contributed by atoms with Crippen molar-refractivity contribution in [2.75, 3.05) is 12.8 Å². The monoisotopic (exact) mass is 340 g/mol. The fourth-order valence-corrected chi connectivity index (χ4v) is 2.21. The molecule has 3 rings (SSSR count). The number of H-pyrrole nitrogens is 1. The first-order chi connectivity index (χ1) is 12.0. The van der Waals surface area contributed by atoms with Crippen molar-refractivity contribution in [1.82, 2.24) is 25.1 Å². The molecule has 0 aliphatic heterocycles. The summed E-state index contributed by atoms with van der Waals surface area (Å²) in [6.07, 6.45) is -0.0513. The zero-order valence-electron chi connectivity index (χ0n) is 13.5. The van der Waals surface area contributed by atoms with Gasteiger partial charge in [0.2, 0.25) is 23.6 Å². The molecule has 0 radical (unpaired) electrons. The molecule has 2 aromatic heterocycles. The number of amides is 1. The predicted molar refractivity (Wildman–Crippen MR) is 89.2 cm³/mol. The highest BCUT2D eigenvalue weighted by Crippen LogP contribution is 2.17. The third kappa shape index (κ3) is 4.08. The summed E-state index contributed by atoms with van der Waals surface area (Å²) in [5.74, 6) is 0.424. The van der Waals surface area contributed by atoms with Crippen LogP contribution in [0.2, 0.25) is 0 Å². The number of hydrogen-bond donors (Lipinski definition) is 2. The molecule has 0 bridgehead atoms. The van der Waals surface area contributed by atoms with E-state index in [1.54, 1.807) is 7.05 Å². The molecule has 2 heterocycles. The molecule has 1 amide bonds. The predicted octanol–water partition coefficient (Wildman–Crippen LogP) is 0.603. The van der Waals surface area contributed by atoms with Crippen LogP contribution < -0.4 is 11.3 Å². The van der Waals surface area contributed by atoms with E-state index in [9.17, 15) is 9.59 Å². The van der Waals surface area contributed by atoms with E-state index in [0.717, 1.165) is 5.56 Å². The minimum Gasteiger partial charge on any atom is -0.419 e. The number of benzene rings is 1. The molecule has 0 aliphatic carbocycles. The van der Waals surface area contributed by atoms with Crippen LogP contribution in [0.15, 0.2) is 45.6 Å². The van der Waals surface area contributed by atoms with Crippen molar-refractivity contribution >= 4 is 11.9 Å². The van der Waals surface area contributed by atoms with E-state index in [2.05, 4.69) is 20.2 Å². The number of rotatable bonds is 5. The second kappa shape index (κ2) is 6.95. The number of nitrogen functional groups attached to an aromatic ring is 1. The van der Waals surface area contributed by atoms with Gasteiger partial charge in [-0.15, -0.1) is 10.2 Å². The average molecular weight is 340 g/mol. The van der Waals surface area contributed by atoms with E-state index in [1.807, 2.05) is 30.3 Å². The second-order valence-corrected chi connectivity index (χ2v) is 5.42. The number of nitrogens with zero attached hydrogens (tertiary/aromatic N) is 4. The summed E-state index contributed by atoms with van der Waals surface area (Å²) in [6, 6.07) is 10.6. The number of nitrogens with one attached hydrogen (secondary N) is 1. The van der Waals surface area contributed by atoms with E-state index in [4.69, 9.17) is 10.2 Å². The molecule has 0 saturated heterocycles. The lowest BCUT2D eigenvalue weighted by Gasteiger charge is -2.14. The lowest BCUT2D eigenvalue weighted by Crippen LogP contribution is -2.28. The maximum absolute atomic E-state index is 12.3. The van der Waals surface area contributed by atoms with Crippen LogP contribution in [0, 0.1) is 0 Å². The maximum Gasteiger partial charge on any atom is 0.252 e. The highest BCUT2D eigenvalue weighted by molar-refractivity contribution is 5.78. The highest BCUT2D eigenvalue weighted by atomic mass is 16.4. The third-order valence-electron chi connectivity index (χ3n) is 3.43. The Bertz CT molecular complexity index is 934. The number of likely N-dealkylation sites (N-methyl/N-ethyl adjacent to an activating group) is 1. The summed E-state index contributed by atoms with van der Waals surface area (Å²) in [5.41, 5.74) is 6.17. The number of carbonyl (C=O) groups excluding carboxylic acids is 1. The Hall–Kier alpha value is -3.49. The first-order valence-corrected chi connectivity index (χ1v) is 7.49. The molecule has 3 N–H and O–H groups in total. The Morgan fingerprint density at radius 2 is 2.04 bits per heavy atom. The number of carbonyl (C=O) groups is 1. The number of anilines is 1. The minimum absolute atomic E-state index is 0.0256. The molecule has 25 heavy (non-hydrogen) atoms. The number of aromatic nitrogens is 4. The van der Waals surface area contributed by atoms with E-state index in [1.165, 1.54) is 11.0 Å². The van der Waals surface area contributed by atoms with Crippen molar-refractivity contribution in [2.45, 2.75) is 13.0 Å². The highest BCUT2D eigenvalue weighted by Gasteiger charge is 2.16. The van der Waals surface area contributed by atoms with Crippen LogP contribution in [0.3, 0.4) is 0 Å². The quantitative estimate of drug-likeness (QED) is 0.695. The van der Waals surface area contributed by atoms with Crippen molar-refractivity contribution in [1.29, 1.82) is 0 Å². The number of nitrogens with two attached hydrogens (primary N) is 1. The van der Waals surface area contributed by atoms with Crippen LogP contribution in [0.4, 0.5) is 5.95 Å². The van der Waals surface area contributed by atoms with Gasteiger partial charge in [0.05, 0.1) is 18.7 Å². The van der Waals surface area contributed by atoms with Crippen LogP contribution in [0.5, 0.6) is 0 Å². The fraction of sp³-hybridized carbons (Fsp3) is 0.188. The summed E-state index contributed by atoms with van der Waals surface area (Å²) >= 11 is 0. The molecule has 9 nitrogen and oxygen atoms in total. The molecule has 0 atom stereocenters. The number of aromatic amines is 1. The van der Waals surface area contributed by atoms with Crippen LogP contribution in [-0.2, 0) is 17.8 Å². The summed E-state index contributed by atoms with van der Waals surface area (Å²) < 4.78 is 5.57. The molecule has 0 fully saturated rings. The van der Waals surface area contributed by atoms with Crippen LogP contribution in [-0.4, -0.2) is 38.0 Å². The maximum atomic E-state index is 12.3. The lowest BCUT2D eigenvalue weighted by atomic mass is 10.2. The van der Waals surface area contributed by atoms with Gasteiger partial charge in [0, 0.05) is 18.7 Å². The summed E-state index contributed by atoms with van der Waals surface area (Å²) in [5, 5.41) is 7.93. The molecule has 9 heteroatoms. The van der Waals surface area contributed by atoms with Gasteiger partial charge in [0.15, 0.2) is 0 Å². The summed E-state index contributed by atoms with van der Waals surface area (Å²) in [6.45, 7) is 0.150. The normalized spacial score (nSPS) is 10.6. The van der Waals surface area contributed by atoms with E-state index in [-0.39, 0.29) is 24.8 Å². The van der Waals surface area contributed by atoms with Gasteiger partial charge >= 0.3 is 0 Å². The Balaban J connectivity index is 1.65. The fourth-order valence-electron chi connectivity index (χ4n) is 2.21. The smallest absolute Gasteiger partial charge is 0.252 e. The Morgan fingerprint density at radius 1 is 1.28 bits per heavy atom. The van der Waals surface area contributed by atoms with E-state index in [0.29, 0.717) is 17.5 Å². The van der Waals surface area contributed by atoms with Gasteiger partial charge in [-0.05, 0) is 12.1 Å². The lowest BCUT2D eigenvalue weighted by molar-refractivity contribution is -0.130. The first-order valence-electron chi connectivity index (χ1n) is 7.49. The topological polar surface area (TPSA) is 131 Å². The molecule has 3 aromatic rings. The molecular weight excluding hydrogens is 324 g/mol. The van der Waals surface area contributed by atoms with Crippen molar-refractivity contribution in [2.24, 2.45) is 0 Å². The van der Waals surface area contributed by atoms with Gasteiger partial charge in [-0.1, -0.05) is 18.2 Å². The summed E-state index contributed by atoms with van der Waals surface area (Å²) in [7, 11) is 1.60. The van der Waals surface area contributed by atoms with Crippen molar-refractivity contribution in [3.8, 4) is 11.5 Å². The Labute approximate surface area is 142 Å². The zero-order chi connectivity index (χ0) is 17.8. The third-order valence-corrected chi connectivity index (χ3v) is 3.43. The number of hydrogen-bond acceptors (Lipinski definition) is 7. The SMILES string of the molecule is CN(Cc1nnc(-c2ccccc2)o1)C(=O)Cc1cc(=O)[nH]c(N)n1. The average Bonchev–Trinajstić information content (AvgIpc) is 3.03. The molecule has 0 spiro atoms. The van der Waals surface area contributed by atoms with Gasteiger partial charge in [-0.3, -0.25) is 14.6 Å². The second-order valence-electron chi connectivity index (χ2n) is 5.42. The minimum atomic E-state index is -0.401. The van der Waals surface area contributed by atoms with Crippen LogP contribution in [0.1, 0.15) is 11.6 Å². The first kappa shape index (κ1) is 16.4. The van der Waals surface area contributed by atoms with Gasteiger partial charge in [-0.25, -0.2) is 4.98 Å². The van der Waals surface area contributed by atoms with Crippen LogP contribution >= 0.6 is 0 Å². The van der Waals surface area contributed by atoms with E-state index < -0.39 is 5.56 Å². The zero-order valence-corrected chi connectivity index (χ0v) is 13.5. The Morgan fingerprint density at radius 3 is 2.76 bits per heavy atom. The molecule has 0 aliphatic rings. The van der Waals surface area contributed by atoms with Gasteiger partial charge in [0.1, 0.15) is 0 Å². The standard InChI is InChI=1S/C16H16N6O3/c1-22(14(24)8-11-7-12(23)19-16(17)18-11)9-13-20-21-15(25-13)10-5-3-2-4-6-10/h2-7H,8-9H2,1H3,(H3,17,18,19,23). The molecular formula is C16H16N6O3. The molecule has 0 unspecified atom stereocenters. The van der Waals surface area contributed by atoms with E-state index >= 15 is 0 Å². The van der Waals surface area contributed by atoms with Crippen molar-refractivity contribution in [3.63, 3.8) is 0 Å². The molecule has 1 aromatic carbocycles. The van der Waals surface area contributed by atoms with Gasteiger partial charge in [0.25, 0.3) is 5.56 Å². The molecule has 128 valence electrons. The van der Waals surface area contributed by atoms with Crippen molar-refractivity contribution < 1.29 is 9.21 Å². The van der Waals surface area contributed by atoms with Gasteiger partial charge in [-0.2, -0.15) is 0 Å². The molecule has 0 saturated carbocycles. The largest absolute Gasteiger partial charge is 0.419 e. The summed E-state index contributed by atoms with van der Waals surface area (Å²) in [4.78, 5) is 31.3. The Kier molecular flexibility index (Phi) is 4.55. The van der Waals surface area contributed by atoms with Gasteiger partial charge < -0.3 is 15.1 Å². The van der Waals surface area contributed by atoms with Crippen LogP contribution in [0.25, 0.3) is 11.5 Å². The van der Waals surface area contributed by atoms with Crippen molar-refractivity contribution in [3.05, 3.63) is 58.3 Å².